The lowest BCUT2D eigenvalue weighted by molar-refractivity contribution is 0.1000. The molecule has 6 rings (SSSR count). The number of fused-ring (bicyclic) bond motifs is 2. The lowest BCUT2D eigenvalue weighted by Gasteiger charge is -2.14. The van der Waals surface area contributed by atoms with E-state index in [4.69, 9.17) is 19.3 Å². The normalized spacial score (nSPS) is 11.7. The van der Waals surface area contributed by atoms with Crippen molar-refractivity contribution in [3.05, 3.63) is 101 Å². The molecule has 0 fully saturated rings. The first-order valence-electron chi connectivity index (χ1n) is 12.9. The maximum Gasteiger partial charge on any atom is 0.252 e. The van der Waals surface area contributed by atoms with E-state index in [-0.39, 0.29) is 46.0 Å². The molecule has 0 saturated carbocycles. The van der Waals surface area contributed by atoms with Crippen molar-refractivity contribution in [2.75, 3.05) is 18.1 Å². The monoisotopic (exact) mass is 603 g/mol. The molecule has 1 amide bonds. The van der Waals surface area contributed by atoms with Crippen molar-refractivity contribution in [2.24, 2.45) is 5.73 Å². The second kappa shape index (κ2) is 10.6. The highest BCUT2D eigenvalue weighted by atomic mass is 32.2. The number of hydrogen-bond acceptors (Lipinski definition) is 7. The van der Waals surface area contributed by atoms with Gasteiger partial charge in [-0.3, -0.25) is 9.52 Å². The summed E-state index contributed by atoms with van der Waals surface area (Å²) in [6.07, 6.45) is 1.14. The number of benzene rings is 4. The summed E-state index contributed by atoms with van der Waals surface area (Å²) in [6, 6.07) is 18.1. The summed E-state index contributed by atoms with van der Waals surface area (Å²) < 4.78 is 72.4. The number of amides is 1. The SMILES string of the molecule is COc1ccc(-c2cc3c(C(N)=O)c(Cc4ccc(F)cc4)oc3cc2NS(C)(=O)=O)cc1-c1nc2c(F)cccc2o1. The second-order valence-electron chi connectivity index (χ2n) is 9.86. The van der Waals surface area contributed by atoms with Crippen LogP contribution < -0.4 is 15.2 Å². The van der Waals surface area contributed by atoms with E-state index in [1.807, 2.05) is 0 Å². The summed E-state index contributed by atoms with van der Waals surface area (Å²) in [5, 5.41) is 0.347. The molecule has 0 radical (unpaired) electrons. The number of oxazole rings is 1. The van der Waals surface area contributed by atoms with Gasteiger partial charge in [-0.25, -0.2) is 22.2 Å². The van der Waals surface area contributed by atoms with Crippen LogP contribution in [0.15, 0.2) is 81.6 Å². The predicted molar refractivity (Wildman–Crippen MR) is 157 cm³/mol. The maximum absolute atomic E-state index is 14.4. The van der Waals surface area contributed by atoms with Crippen LogP contribution in [0.3, 0.4) is 0 Å². The number of hydrogen-bond donors (Lipinski definition) is 2. The number of ether oxygens (including phenoxy) is 1. The molecular weight excluding hydrogens is 580 g/mol. The van der Waals surface area contributed by atoms with Gasteiger partial charge < -0.3 is 19.3 Å². The number of nitrogens with zero attached hydrogens (tertiary/aromatic N) is 1. The number of para-hydroxylation sites is 1. The highest BCUT2D eigenvalue weighted by molar-refractivity contribution is 7.92. The Morgan fingerprint density at radius 1 is 0.977 bits per heavy atom. The number of rotatable bonds is 8. The Labute approximate surface area is 243 Å². The van der Waals surface area contributed by atoms with Crippen LogP contribution in [0, 0.1) is 11.6 Å². The van der Waals surface area contributed by atoms with E-state index in [0.29, 0.717) is 33.4 Å². The molecule has 2 heterocycles. The van der Waals surface area contributed by atoms with Gasteiger partial charge in [0, 0.05) is 23.4 Å². The number of furan rings is 1. The van der Waals surface area contributed by atoms with E-state index < -0.39 is 27.6 Å². The molecule has 0 atom stereocenters. The van der Waals surface area contributed by atoms with Gasteiger partial charge in [0.15, 0.2) is 11.4 Å². The number of sulfonamides is 1. The number of halogens is 2. The molecule has 0 unspecified atom stereocenters. The van der Waals surface area contributed by atoms with Crippen LogP contribution in [0.5, 0.6) is 5.75 Å². The molecule has 0 saturated heterocycles. The van der Waals surface area contributed by atoms with Crippen molar-refractivity contribution in [1.29, 1.82) is 0 Å². The van der Waals surface area contributed by atoms with Crippen LogP contribution in [0.4, 0.5) is 14.5 Å². The Kier molecular flexibility index (Phi) is 6.85. The third kappa shape index (κ3) is 5.40. The average Bonchev–Trinajstić information content (AvgIpc) is 3.54. The topological polar surface area (TPSA) is 138 Å². The van der Waals surface area contributed by atoms with Gasteiger partial charge >= 0.3 is 0 Å². The van der Waals surface area contributed by atoms with E-state index in [2.05, 4.69) is 9.71 Å². The van der Waals surface area contributed by atoms with E-state index in [0.717, 1.165) is 6.26 Å². The molecule has 43 heavy (non-hydrogen) atoms. The first-order chi connectivity index (χ1) is 20.5. The molecule has 0 aliphatic rings. The molecule has 0 bridgehead atoms. The van der Waals surface area contributed by atoms with Gasteiger partial charge in [-0.15, -0.1) is 0 Å². The van der Waals surface area contributed by atoms with Crippen molar-refractivity contribution < 1.29 is 35.6 Å². The summed E-state index contributed by atoms with van der Waals surface area (Å²) in [4.78, 5) is 17.0. The van der Waals surface area contributed by atoms with Crippen molar-refractivity contribution in [2.45, 2.75) is 6.42 Å². The lowest BCUT2D eigenvalue weighted by atomic mass is 9.97. The Balaban J connectivity index is 1.55. The van der Waals surface area contributed by atoms with Crippen LogP contribution >= 0.6 is 0 Å². The van der Waals surface area contributed by atoms with Gasteiger partial charge in [0.25, 0.3) is 5.91 Å². The van der Waals surface area contributed by atoms with Crippen LogP contribution in [-0.4, -0.2) is 32.7 Å². The fraction of sp³-hybridized carbons (Fsp3) is 0.0968. The number of aromatic nitrogens is 1. The van der Waals surface area contributed by atoms with Crippen molar-refractivity contribution in [1.82, 2.24) is 4.98 Å². The molecule has 3 N–H and O–H groups in total. The highest BCUT2D eigenvalue weighted by Gasteiger charge is 2.24. The number of primary amides is 1. The second-order valence-corrected chi connectivity index (χ2v) is 11.6. The number of nitrogens with one attached hydrogen (secondary N) is 1. The Morgan fingerprint density at radius 3 is 2.42 bits per heavy atom. The molecular formula is C31H23F2N3O6S. The van der Waals surface area contributed by atoms with E-state index in [1.54, 1.807) is 42.5 Å². The Bertz CT molecular complexity index is 2150. The smallest absolute Gasteiger partial charge is 0.252 e. The zero-order chi connectivity index (χ0) is 30.5. The van der Waals surface area contributed by atoms with E-state index in [1.165, 1.54) is 37.4 Å². The summed E-state index contributed by atoms with van der Waals surface area (Å²) in [5.74, 6) is -1.03. The first-order valence-corrected chi connectivity index (χ1v) is 14.7. The summed E-state index contributed by atoms with van der Waals surface area (Å²) in [6.45, 7) is 0. The third-order valence-corrected chi connectivity index (χ3v) is 7.42. The maximum atomic E-state index is 14.4. The third-order valence-electron chi connectivity index (χ3n) is 6.83. The minimum Gasteiger partial charge on any atom is -0.496 e. The van der Waals surface area contributed by atoms with Gasteiger partial charge in [-0.1, -0.05) is 24.3 Å². The van der Waals surface area contributed by atoms with E-state index >= 15 is 0 Å². The number of carbonyl (C=O) groups is 1. The van der Waals surface area contributed by atoms with Crippen LogP contribution in [-0.2, 0) is 16.4 Å². The fourth-order valence-corrected chi connectivity index (χ4v) is 5.54. The lowest BCUT2D eigenvalue weighted by Crippen LogP contribution is -2.13. The summed E-state index contributed by atoms with van der Waals surface area (Å²) in [7, 11) is -2.31. The summed E-state index contributed by atoms with van der Waals surface area (Å²) in [5.41, 5.74) is 8.45. The predicted octanol–water partition coefficient (Wildman–Crippen LogP) is 6.26. The molecule has 2 aromatic heterocycles. The van der Waals surface area contributed by atoms with Gasteiger partial charge in [0.05, 0.1) is 30.2 Å². The van der Waals surface area contributed by atoms with Gasteiger partial charge in [0.2, 0.25) is 15.9 Å². The van der Waals surface area contributed by atoms with Gasteiger partial charge in [-0.05, 0) is 53.6 Å². The molecule has 12 heteroatoms. The van der Waals surface area contributed by atoms with E-state index in [9.17, 15) is 22.0 Å². The number of carbonyl (C=O) groups excluding carboxylic acids is 1. The minimum absolute atomic E-state index is 0.0454. The minimum atomic E-state index is -3.76. The fourth-order valence-electron chi connectivity index (χ4n) is 4.97. The van der Waals surface area contributed by atoms with Crippen LogP contribution in [0.2, 0.25) is 0 Å². The molecule has 218 valence electrons. The zero-order valence-electron chi connectivity index (χ0n) is 22.8. The molecule has 4 aromatic carbocycles. The molecule has 6 aromatic rings. The van der Waals surface area contributed by atoms with Gasteiger partial charge in [-0.2, -0.15) is 0 Å². The first kappa shape index (κ1) is 27.9. The molecule has 9 nitrogen and oxygen atoms in total. The van der Waals surface area contributed by atoms with Gasteiger partial charge in [0.1, 0.15) is 28.4 Å². The Hall–Kier alpha value is -5.23. The highest BCUT2D eigenvalue weighted by Crippen LogP contribution is 2.41. The van der Waals surface area contributed by atoms with Crippen molar-refractivity contribution in [3.8, 4) is 28.3 Å². The van der Waals surface area contributed by atoms with Crippen molar-refractivity contribution >= 4 is 43.7 Å². The van der Waals surface area contributed by atoms with Crippen LogP contribution in [0.25, 0.3) is 44.7 Å². The molecule has 0 spiro atoms. The number of anilines is 1. The number of methoxy groups -OCH3 is 1. The molecule has 0 aliphatic heterocycles. The van der Waals surface area contributed by atoms with Crippen LogP contribution in [0.1, 0.15) is 21.7 Å². The standard InChI is InChI=1S/C31H23F2N3O6S/c1-40-24-11-8-17(13-21(24)31-35-29-22(33)4-3-5-25(29)42-31)19-14-20-26(15-23(19)36-43(2,38)39)41-27(28(20)30(34)37)12-16-6-9-18(32)10-7-16/h3-11,13-15,36H,12H2,1-2H3,(H2,34,37). The summed E-state index contributed by atoms with van der Waals surface area (Å²) >= 11 is 0. The quantitative estimate of drug-likeness (QED) is 0.210. The largest absolute Gasteiger partial charge is 0.496 e. The number of nitrogens with two attached hydrogens (primary N) is 1. The average molecular weight is 604 g/mol. The Morgan fingerprint density at radius 2 is 1.74 bits per heavy atom. The molecule has 0 aliphatic carbocycles. The van der Waals surface area contributed by atoms with Crippen molar-refractivity contribution in [3.63, 3.8) is 0 Å². The zero-order valence-corrected chi connectivity index (χ0v) is 23.6.